The minimum atomic E-state index is -1.11. The van der Waals surface area contributed by atoms with Gasteiger partial charge in [0, 0.05) is 49.4 Å². The Bertz CT molecular complexity index is 1280. The molecule has 7 rings (SSSR count). The third-order valence-electron chi connectivity index (χ3n) is 8.11. The first-order valence-corrected chi connectivity index (χ1v) is 13.7. The van der Waals surface area contributed by atoms with Crippen LogP contribution in [0.4, 0.5) is 22.1 Å². The highest BCUT2D eigenvalue weighted by molar-refractivity contribution is 5.86. The zero-order chi connectivity index (χ0) is 24.9. The lowest BCUT2D eigenvalue weighted by Gasteiger charge is -2.34. The van der Waals surface area contributed by atoms with E-state index in [1.54, 1.807) is 4.90 Å². The zero-order valence-electron chi connectivity index (χ0n) is 20.9. The van der Waals surface area contributed by atoms with Crippen LogP contribution in [-0.2, 0) is 4.79 Å². The highest BCUT2D eigenvalue weighted by Gasteiger charge is 2.40. The van der Waals surface area contributed by atoms with Crippen LogP contribution in [0.15, 0.2) is 24.4 Å². The molecule has 2 saturated heterocycles. The van der Waals surface area contributed by atoms with Crippen LogP contribution in [0, 0.1) is 5.92 Å². The number of aromatic amines is 1. The van der Waals surface area contributed by atoms with Gasteiger partial charge in [-0.05, 0) is 63.1 Å². The molecule has 11 heteroatoms. The van der Waals surface area contributed by atoms with Crippen molar-refractivity contribution in [2.24, 2.45) is 5.92 Å². The number of H-pyrrole nitrogens is 1. The number of aromatic nitrogens is 5. The summed E-state index contributed by atoms with van der Waals surface area (Å²) in [5.74, 6) is 2.82. The van der Waals surface area contributed by atoms with Crippen LogP contribution in [-0.4, -0.2) is 79.8 Å². The van der Waals surface area contributed by atoms with Gasteiger partial charge in [-0.15, -0.1) is 0 Å². The quantitative estimate of drug-likeness (QED) is 0.430. The van der Waals surface area contributed by atoms with Gasteiger partial charge in [0.25, 0.3) is 0 Å². The molecule has 3 atom stereocenters. The molecule has 3 aromatic heterocycles. The van der Waals surface area contributed by atoms with Crippen LogP contribution in [0.5, 0.6) is 0 Å². The number of halogens is 1. The molecule has 4 aliphatic rings. The van der Waals surface area contributed by atoms with Crippen molar-refractivity contribution in [3.63, 3.8) is 0 Å². The van der Waals surface area contributed by atoms with Gasteiger partial charge >= 0.3 is 0 Å². The van der Waals surface area contributed by atoms with Crippen molar-refractivity contribution in [1.82, 2.24) is 34.8 Å². The number of piperidine rings is 1. The van der Waals surface area contributed by atoms with Crippen LogP contribution in [0.1, 0.15) is 56.6 Å². The van der Waals surface area contributed by atoms with E-state index in [4.69, 9.17) is 4.98 Å². The van der Waals surface area contributed by atoms with Crippen molar-refractivity contribution in [2.75, 3.05) is 36.4 Å². The number of hydrogen-bond donors (Lipinski definition) is 3. The van der Waals surface area contributed by atoms with E-state index >= 15 is 0 Å². The van der Waals surface area contributed by atoms with Crippen molar-refractivity contribution in [2.45, 2.75) is 69.1 Å². The molecular weight excluding hydrogens is 473 g/mol. The highest BCUT2D eigenvalue weighted by Crippen LogP contribution is 2.39. The van der Waals surface area contributed by atoms with Crippen molar-refractivity contribution >= 4 is 29.3 Å². The number of nitrogens with zero attached hydrogens (tertiary/aromatic N) is 6. The second kappa shape index (κ2) is 9.27. The average molecular weight is 508 g/mol. The fourth-order valence-corrected chi connectivity index (χ4v) is 5.81. The van der Waals surface area contributed by atoms with E-state index in [-0.39, 0.29) is 24.9 Å². The van der Waals surface area contributed by atoms with Gasteiger partial charge in [-0.3, -0.25) is 14.3 Å². The first kappa shape index (κ1) is 22.9. The van der Waals surface area contributed by atoms with Crippen LogP contribution in [0.2, 0.25) is 0 Å². The number of alkyl halides is 1. The molecule has 3 aromatic rings. The molecule has 1 amide bonds. The summed E-state index contributed by atoms with van der Waals surface area (Å²) >= 11 is 0. The van der Waals surface area contributed by atoms with E-state index in [2.05, 4.69) is 30.7 Å². The molecular formula is C26H34FN9O. The second-order valence-corrected chi connectivity index (χ2v) is 11.2. The summed E-state index contributed by atoms with van der Waals surface area (Å²) in [6, 6.07) is 5.25. The van der Waals surface area contributed by atoms with Crippen LogP contribution >= 0.6 is 0 Å². The molecule has 4 fully saturated rings. The van der Waals surface area contributed by atoms with E-state index in [9.17, 15) is 9.18 Å². The Morgan fingerprint density at radius 1 is 1.16 bits per heavy atom. The molecule has 5 heterocycles. The molecule has 0 radical (unpaired) electrons. The van der Waals surface area contributed by atoms with Gasteiger partial charge in [-0.25, -0.2) is 4.39 Å². The Kier molecular flexibility index (Phi) is 5.75. The van der Waals surface area contributed by atoms with Crippen molar-refractivity contribution < 1.29 is 9.18 Å². The van der Waals surface area contributed by atoms with E-state index < -0.39 is 12.2 Å². The van der Waals surface area contributed by atoms with Crippen molar-refractivity contribution in [1.29, 1.82) is 0 Å². The first-order chi connectivity index (χ1) is 18.1. The minimum absolute atomic E-state index is 0.0983. The summed E-state index contributed by atoms with van der Waals surface area (Å²) < 4.78 is 16.6. The molecule has 196 valence electrons. The van der Waals surface area contributed by atoms with Gasteiger partial charge in [-0.2, -0.15) is 15.1 Å². The molecule has 2 aliphatic carbocycles. The van der Waals surface area contributed by atoms with Gasteiger partial charge in [0.05, 0.1) is 6.54 Å². The number of carbonyl (C=O) groups excluding carboxylic acids is 1. The molecule has 2 saturated carbocycles. The molecule has 0 spiro atoms. The van der Waals surface area contributed by atoms with Crippen LogP contribution in [0.25, 0.3) is 5.65 Å². The maximum Gasteiger partial charge on any atom is 0.243 e. The van der Waals surface area contributed by atoms with Gasteiger partial charge in [0.1, 0.15) is 17.9 Å². The van der Waals surface area contributed by atoms with Crippen molar-refractivity contribution in [3.8, 4) is 0 Å². The molecule has 2 aliphatic heterocycles. The number of hydrogen-bond acceptors (Lipinski definition) is 7. The predicted molar refractivity (Wildman–Crippen MR) is 138 cm³/mol. The topological polar surface area (TPSA) is 106 Å². The molecule has 37 heavy (non-hydrogen) atoms. The third kappa shape index (κ3) is 4.88. The number of anilines is 3. The zero-order valence-corrected chi connectivity index (χ0v) is 20.9. The Hall–Kier alpha value is -3.21. The molecule has 0 unspecified atom stereocenters. The summed E-state index contributed by atoms with van der Waals surface area (Å²) in [5, 5.41) is 14.0. The monoisotopic (exact) mass is 507 g/mol. The van der Waals surface area contributed by atoms with Gasteiger partial charge in [-0.1, -0.05) is 0 Å². The third-order valence-corrected chi connectivity index (χ3v) is 8.11. The average Bonchev–Trinajstić information content (AvgIpc) is 3.75. The summed E-state index contributed by atoms with van der Waals surface area (Å²) in [6.45, 7) is 3.21. The largest absolute Gasteiger partial charge is 0.350 e. The molecule has 0 aromatic carbocycles. The highest BCUT2D eigenvalue weighted by atomic mass is 19.1. The second-order valence-electron chi connectivity index (χ2n) is 11.2. The van der Waals surface area contributed by atoms with Crippen molar-refractivity contribution in [3.05, 3.63) is 30.1 Å². The van der Waals surface area contributed by atoms with Gasteiger partial charge < -0.3 is 20.4 Å². The standard InChI is InChI=1S/C26H34FN9O/c27-18-11-21(24(37)28-19-3-1-9-34(15-19)13-16-5-6-16)36(14-18)26-30-23-4-2-10-35(23)25(31-26)29-22-12-20(32-33-22)17-7-8-17/h2,4,10,12,16-19,21H,1,3,5-9,11,13-15H2,(H,28,37)(H2,29,30,31,32,33)/t18-,19-,21+/m1/s1. The first-order valence-electron chi connectivity index (χ1n) is 13.7. The lowest BCUT2D eigenvalue weighted by molar-refractivity contribution is -0.123. The summed E-state index contributed by atoms with van der Waals surface area (Å²) in [6.07, 6.45) is 7.98. The number of rotatable bonds is 8. The number of amides is 1. The van der Waals surface area contributed by atoms with Crippen LogP contribution < -0.4 is 15.5 Å². The van der Waals surface area contributed by atoms with Crippen LogP contribution in [0.3, 0.4) is 0 Å². The van der Waals surface area contributed by atoms with Gasteiger partial charge in [0.2, 0.25) is 17.8 Å². The Balaban J connectivity index is 1.10. The Labute approximate surface area is 215 Å². The summed E-state index contributed by atoms with van der Waals surface area (Å²) in [5.41, 5.74) is 1.80. The molecule has 0 bridgehead atoms. The minimum Gasteiger partial charge on any atom is -0.350 e. The van der Waals surface area contributed by atoms with E-state index in [0.717, 1.165) is 44.1 Å². The van der Waals surface area contributed by atoms with E-state index in [0.29, 0.717) is 29.3 Å². The predicted octanol–water partition coefficient (Wildman–Crippen LogP) is 2.98. The number of likely N-dealkylation sites (tertiary alicyclic amines) is 1. The fourth-order valence-electron chi connectivity index (χ4n) is 5.81. The fraction of sp³-hybridized carbons (Fsp3) is 0.615. The lowest BCUT2D eigenvalue weighted by Crippen LogP contribution is -2.53. The summed E-state index contributed by atoms with van der Waals surface area (Å²) in [7, 11) is 0. The number of fused-ring (bicyclic) bond motifs is 1. The smallest absolute Gasteiger partial charge is 0.243 e. The maximum atomic E-state index is 14.7. The normalized spacial score (nSPS) is 26.6. The lowest BCUT2D eigenvalue weighted by atomic mass is 10.0. The Morgan fingerprint density at radius 3 is 2.89 bits per heavy atom. The molecule has 3 N–H and O–H groups in total. The number of carbonyl (C=O) groups is 1. The van der Waals surface area contributed by atoms with E-state index in [1.165, 1.54) is 25.7 Å². The SMILES string of the molecule is O=C(N[C@@H]1CCCN(CC2CC2)C1)[C@@H]1C[C@@H](F)CN1c1nc(Nc2cc(C3CC3)[nH]n2)n2cccc2n1. The van der Waals surface area contributed by atoms with E-state index in [1.807, 2.05) is 28.8 Å². The Morgan fingerprint density at radius 2 is 2.05 bits per heavy atom. The maximum absolute atomic E-state index is 14.7. The van der Waals surface area contributed by atoms with Gasteiger partial charge in [0.15, 0.2) is 5.82 Å². The number of nitrogens with one attached hydrogen (secondary N) is 3. The molecule has 10 nitrogen and oxygen atoms in total. The summed E-state index contributed by atoms with van der Waals surface area (Å²) in [4.78, 5) is 27.0.